The Morgan fingerprint density at radius 3 is 2.93 bits per heavy atom. The van der Waals surface area contributed by atoms with Crippen molar-refractivity contribution in [2.24, 2.45) is 10.7 Å². The Morgan fingerprint density at radius 2 is 2.19 bits per heavy atom. The molecule has 0 fully saturated rings. The Labute approximate surface area is 163 Å². The Hall–Kier alpha value is -2.21. The van der Waals surface area contributed by atoms with Gasteiger partial charge in [-0.05, 0) is 49.9 Å². The van der Waals surface area contributed by atoms with Crippen LogP contribution in [0.3, 0.4) is 0 Å². The van der Waals surface area contributed by atoms with Crippen molar-refractivity contribution in [1.82, 2.24) is 4.98 Å². The Morgan fingerprint density at radius 1 is 1.33 bits per heavy atom. The molecule has 0 saturated heterocycles. The molecule has 2 N–H and O–H groups in total. The van der Waals surface area contributed by atoms with Gasteiger partial charge in [0.15, 0.2) is 5.17 Å². The van der Waals surface area contributed by atoms with Gasteiger partial charge in [0.25, 0.3) is 0 Å². The molecule has 27 heavy (non-hydrogen) atoms. The van der Waals surface area contributed by atoms with Crippen LogP contribution in [-0.2, 0) is 23.2 Å². The van der Waals surface area contributed by atoms with Crippen molar-refractivity contribution in [3.05, 3.63) is 65.2 Å². The van der Waals surface area contributed by atoms with E-state index in [9.17, 15) is 9.18 Å². The van der Waals surface area contributed by atoms with Crippen LogP contribution >= 0.6 is 11.8 Å². The molecule has 6 heteroatoms. The number of hydrogen-bond acceptors (Lipinski definition) is 5. The van der Waals surface area contributed by atoms with Crippen molar-refractivity contribution in [1.29, 1.82) is 0 Å². The van der Waals surface area contributed by atoms with Crippen LogP contribution in [0.25, 0.3) is 0 Å². The van der Waals surface area contributed by atoms with Gasteiger partial charge in [-0.1, -0.05) is 30.0 Å². The number of aromatic nitrogens is 1. The minimum absolute atomic E-state index is 0.149. The number of aliphatic imine (C=N–C) groups is 1. The monoisotopic (exact) mass is 385 g/mol. The SMILES string of the molecule is C[C@@]1(c2cc(CC(=O)CCCc3ccccn3)ccc2F)CCSC(N)=N1. The standard InChI is InChI=1S/C21H24FN3OS/c1-21(10-12-27-20(23)25-21)18-14-15(8-9-19(18)22)13-17(26)7-4-6-16-5-2-3-11-24-16/h2-3,5,8-9,11,14H,4,6-7,10,12-13H2,1H3,(H2,23,25)/t21-/m0/s1. The molecular formula is C21H24FN3OS. The minimum atomic E-state index is -0.669. The number of nitrogens with zero attached hydrogens (tertiary/aromatic N) is 2. The summed E-state index contributed by atoms with van der Waals surface area (Å²) < 4.78 is 14.4. The van der Waals surface area contributed by atoms with Gasteiger partial charge in [0.1, 0.15) is 11.6 Å². The molecule has 4 nitrogen and oxygen atoms in total. The molecule has 1 aliphatic heterocycles. The summed E-state index contributed by atoms with van der Waals surface area (Å²) in [5.41, 5.74) is 7.51. The lowest BCUT2D eigenvalue weighted by Gasteiger charge is -2.30. The van der Waals surface area contributed by atoms with E-state index in [1.807, 2.05) is 25.1 Å². The fourth-order valence-corrected chi connectivity index (χ4v) is 4.28. The van der Waals surface area contributed by atoms with E-state index in [1.165, 1.54) is 17.8 Å². The molecule has 0 spiro atoms. The van der Waals surface area contributed by atoms with Crippen molar-refractivity contribution in [2.75, 3.05) is 5.75 Å². The van der Waals surface area contributed by atoms with Gasteiger partial charge in [-0.2, -0.15) is 0 Å². The zero-order valence-corrected chi connectivity index (χ0v) is 16.3. The second-order valence-electron chi connectivity index (χ2n) is 7.03. The quantitative estimate of drug-likeness (QED) is 0.781. The zero-order valence-electron chi connectivity index (χ0n) is 15.5. The number of benzene rings is 1. The molecule has 0 unspecified atom stereocenters. The molecule has 2 heterocycles. The predicted molar refractivity (Wildman–Crippen MR) is 108 cm³/mol. The highest BCUT2D eigenvalue weighted by molar-refractivity contribution is 8.13. The van der Waals surface area contributed by atoms with E-state index in [4.69, 9.17) is 5.73 Å². The van der Waals surface area contributed by atoms with Crippen LogP contribution in [0.1, 0.15) is 43.0 Å². The molecular weight excluding hydrogens is 361 g/mol. The van der Waals surface area contributed by atoms with Gasteiger partial charge in [0.2, 0.25) is 0 Å². The van der Waals surface area contributed by atoms with E-state index in [0.717, 1.165) is 36.3 Å². The van der Waals surface area contributed by atoms with Crippen LogP contribution < -0.4 is 5.73 Å². The second kappa shape index (κ2) is 8.65. The maximum absolute atomic E-state index is 14.4. The number of nitrogens with two attached hydrogens (primary N) is 1. The van der Waals surface area contributed by atoms with Crippen molar-refractivity contribution in [2.45, 2.75) is 44.6 Å². The average molecular weight is 386 g/mol. The maximum atomic E-state index is 14.4. The van der Waals surface area contributed by atoms with Crippen molar-refractivity contribution in [3.63, 3.8) is 0 Å². The number of halogens is 1. The maximum Gasteiger partial charge on any atom is 0.154 e. The van der Waals surface area contributed by atoms with Crippen LogP contribution in [-0.4, -0.2) is 21.7 Å². The third-order valence-corrected chi connectivity index (χ3v) is 5.62. The minimum Gasteiger partial charge on any atom is -0.379 e. The molecule has 1 aliphatic rings. The topological polar surface area (TPSA) is 68.3 Å². The zero-order chi connectivity index (χ0) is 19.3. The highest BCUT2D eigenvalue weighted by Crippen LogP contribution is 2.36. The molecule has 2 aromatic rings. The Kier molecular flexibility index (Phi) is 6.26. The van der Waals surface area contributed by atoms with E-state index < -0.39 is 5.54 Å². The molecule has 142 valence electrons. The largest absolute Gasteiger partial charge is 0.379 e. The van der Waals surface area contributed by atoms with E-state index in [1.54, 1.807) is 18.3 Å². The molecule has 0 aliphatic carbocycles. The number of ketones is 1. The highest BCUT2D eigenvalue weighted by atomic mass is 32.2. The van der Waals surface area contributed by atoms with Crippen LogP contribution in [0.15, 0.2) is 47.6 Å². The first kappa shape index (κ1) is 19.5. The van der Waals surface area contributed by atoms with Crippen molar-refractivity contribution in [3.8, 4) is 0 Å². The number of amidine groups is 1. The van der Waals surface area contributed by atoms with E-state index in [-0.39, 0.29) is 11.6 Å². The van der Waals surface area contributed by atoms with E-state index in [0.29, 0.717) is 23.6 Å². The Balaban J connectivity index is 1.64. The van der Waals surface area contributed by atoms with E-state index >= 15 is 0 Å². The summed E-state index contributed by atoms with van der Waals surface area (Å²) in [7, 11) is 0. The molecule has 1 aromatic heterocycles. The highest BCUT2D eigenvalue weighted by Gasteiger charge is 2.32. The van der Waals surface area contributed by atoms with Gasteiger partial charge in [-0.15, -0.1) is 0 Å². The number of aryl methyl sites for hydroxylation is 1. The fraction of sp³-hybridized carbons (Fsp3) is 0.381. The number of rotatable bonds is 7. The number of hydrogen-bond donors (Lipinski definition) is 1. The van der Waals surface area contributed by atoms with Gasteiger partial charge in [0.05, 0.1) is 5.54 Å². The van der Waals surface area contributed by atoms with Crippen LogP contribution in [0, 0.1) is 5.82 Å². The van der Waals surface area contributed by atoms with Crippen LogP contribution in [0.5, 0.6) is 0 Å². The van der Waals surface area contributed by atoms with Crippen LogP contribution in [0.2, 0.25) is 0 Å². The van der Waals surface area contributed by atoms with Gasteiger partial charge in [-0.3, -0.25) is 14.8 Å². The summed E-state index contributed by atoms with van der Waals surface area (Å²) in [5.74, 6) is 0.658. The average Bonchev–Trinajstić information content (AvgIpc) is 2.64. The summed E-state index contributed by atoms with van der Waals surface area (Å²) in [5, 5.41) is 0.485. The van der Waals surface area contributed by atoms with Gasteiger partial charge in [0, 0.05) is 36.0 Å². The smallest absolute Gasteiger partial charge is 0.154 e. The van der Waals surface area contributed by atoms with Crippen LogP contribution in [0.4, 0.5) is 4.39 Å². The fourth-order valence-electron chi connectivity index (χ4n) is 3.30. The normalized spacial score (nSPS) is 19.6. The first-order valence-corrected chi connectivity index (χ1v) is 10.1. The third kappa shape index (κ3) is 5.16. The van der Waals surface area contributed by atoms with E-state index in [2.05, 4.69) is 9.98 Å². The molecule has 1 aromatic carbocycles. The van der Waals surface area contributed by atoms with Crippen molar-refractivity contribution >= 4 is 22.7 Å². The summed E-state index contributed by atoms with van der Waals surface area (Å²) in [6.07, 6.45) is 4.82. The van der Waals surface area contributed by atoms with Crippen molar-refractivity contribution < 1.29 is 9.18 Å². The molecule has 0 saturated carbocycles. The number of thioether (sulfide) groups is 1. The summed E-state index contributed by atoms with van der Waals surface area (Å²) in [6.45, 7) is 1.90. The van der Waals surface area contributed by atoms with Gasteiger partial charge >= 0.3 is 0 Å². The molecule has 3 rings (SSSR count). The molecule has 0 bridgehead atoms. The van der Waals surface area contributed by atoms with Gasteiger partial charge in [-0.25, -0.2) is 4.39 Å². The molecule has 0 radical (unpaired) electrons. The number of Topliss-reactive ketones (excluding diaryl/α,β-unsaturated/α-hetero) is 1. The lowest BCUT2D eigenvalue weighted by Crippen LogP contribution is -2.29. The summed E-state index contributed by atoms with van der Waals surface area (Å²) in [4.78, 5) is 21.1. The lowest BCUT2D eigenvalue weighted by molar-refractivity contribution is -0.118. The summed E-state index contributed by atoms with van der Waals surface area (Å²) in [6, 6.07) is 10.7. The first-order valence-electron chi connectivity index (χ1n) is 9.15. The van der Waals surface area contributed by atoms with Gasteiger partial charge < -0.3 is 5.73 Å². The second-order valence-corrected chi connectivity index (χ2v) is 8.14. The first-order chi connectivity index (χ1) is 13.0. The molecule has 0 amide bonds. The Bertz CT molecular complexity index is 841. The summed E-state index contributed by atoms with van der Waals surface area (Å²) >= 11 is 1.49. The predicted octanol–water partition coefficient (Wildman–Crippen LogP) is 4.02. The number of carbonyl (C=O) groups is 1. The number of carbonyl (C=O) groups excluding carboxylic acids is 1. The number of pyridine rings is 1. The third-order valence-electron chi connectivity index (χ3n) is 4.82. The lowest BCUT2D eigenvalue weighted by atomic mass is 9.87. The molecule has 1 atom stereocenters.